The van der Waals surface area contributed by atoms with Crippen LogP contribution in [0.3, 0.4) is 0 Å². The van der Waals surface area contributed by atoms with Gasteiger partial charge in [0.2, 0.25) is 4.38 Å². The number of fused-ring (bicyclic) bond motifs is 1. The Morgan fingerprint density at radius 3 is 2.79 bits per heavy atom. The smallest absolute Gasteiger partial charge is 0.316 e. The summed E-state index contributed by atoms with van der Waals surface area (Å²) in [7, 11) is 1.45. The zero-order valence-electron chi connectivity index (χ0n) is 17.2. The van der Waals surface area contributed by atoms with Gasteiger partial charge in [0.1, 0.15) is 17.1 Å². The number of carbonyl (C=O) groups excluding carboxylic acids is 2. The number of methoxy groups -OCH3 is 1. The normalized spacial score (nSPS) is 49.3. The standard InChI is InChI=1S/C22H28O5S2/c1-11-9-21-10-12(11)5-6-13(21)22-8-7-14(26-19(28)29-4)20(2,18(24)27-22)16(22)15(21)17(23)25-3/h12-16H,1,5-10H2,2-4H3/t12-,13-,14+,15-,16-,20-,21+,22-/m1/s1. The zero-order valence-corrected chi connectivity index (χ0v) is 18.8. The number of thioether (sulfide) groups is 1. The highest BCUT2D eigenvalue weighted by Crippen LogP contribution is 2.78. The second-order valence-corrected chi connectivity index (χ2v) is 11.2. The SMILES string of the molecule is C=C1C[C@]23C[C@H]1CC[C@H]2[C@@]12CC[C@H](OC(=S)SC)[C@@](C)(C(=O)O1)[C@H]2[C@@H]3C(=O)OC. The van der Waals surface area contributed by atoms with Crippen molar-refractivity contribution >= 4 is 40.3 Å². The molecule has 0 unspecified atom stereocenters. The first-order chi connectivity index (χ1) is 13.7. The van der Waals surface area contributed by atoms with Crippen LogP contribution in [0.15, 0.2) is 12.2 Å². The summed E-state index contributed by atoms with van der Waals surface area (Å²) >= 11 is 6.68. The third-order valence-electron chi connectivity index (χ3n) is 9.02. The third kappa shape index (κ3) is 2.21. The first kappa shape index (κ1) is 19.9. The Morgan fingerprint density at radius 1 is 1.34 bits per heavy atom. The molecule has 0 aromatic heterocycles. The molecule has 5 fully saturated rings. The van der Waals surface area contributed by atoms with E-state index in [1.807, 2.05) is 13.2 Å². The summed E-state index contributed by atoms with van der Waals surface area (Å²) in [4.78, 5) is 26.6. The van der Waals surface area contributed by atoms with Crippen molar-refractivity contribution in [3.63, 3.8) is 0 Å². The number of ether oxygens (including phenoxy) is 3. The summed E-state index contributed by atoms with van der Waals surface area (Å²) in [6.45, 7) is 6.27. The average Bonchev–Trinajstić information content (AvgIpc) is 3.16. The van der Waals surface area contributed by atoms with Crippen LogP contribution in [0.25, 0.3) is 0 Å². The maximum Gasteiger partial charge on any atom is 0.316 e. The second-order valence-electron chi connectivity index (χ2n) is 9.80. The summed E-state index contributed by atoms with van der Waals surface area (Å²) in [6, 6.07) is 0. The maximum atomic E-state index is 13.3. The minimum absolute atomic E-state index is 0.179. The van der Waals surface area contributed by atoms with Gasteiger partial charge >= 0.3 is 11.9 Å². The number of hydrogen-bond acceptors (Lipinski definition) is 7. The number of thiocarbonyl (C=S) groups is 1. The number of esters is 2. The lowest BCUT2D eigenvalue weighted by atomic mass is 9.59. The lowest BCUT2D eigenvalue weighted by molar-refractivity contribution is -0.163. The first-order valence-electron chi connectivity index (χ1n) is 10.5. The molecular formula is C22H28O5S2. The fraction of sp³-hybridized carbons (Fsp3) is 0.773. The van der Waals surface area contributed by atoms with Crippen LogP contribution in [0.5, 0.6) is 0 Å². The molecule has 4 saturated carbocycles. The van der Waals surface area contributed by atoms with E-state index in [4.69, 9.17) is 26.4 Å². The average molecular weight is 437 g/mol. The highest BCUT2D eigenvalue weighted by molar-refractivity contribution is 8.22. The summed E-state index contributed by atoms with van der Waals surface area (Å²) in [5.74, 6) is -0.420. The van der Waals surface area contributed by atoms with Crippen molar-refractivity contribution in [1.82, 2.24) is 0 Å². The number of carbonyl (C=O) groups is 2. The second kappa shape index (κ2) is 6.22. The molecule has 158 valence electrons. The van der Waals surface area contributed by atoms with Crippen molar-refractivity contribution in [1.29, 1.82) is 0 Å². The van der Waals surface area contributed by atoms with Crippen LogP contribution in [0, 0.1) is 34.5 Å². The molecule has 1 spiro atoms. The monoisotopic (exact) mass is 436 g/mol. The molecule has 5 aliphatic rings. The molecule has 1 aliphatic heterocycles. The van der Waals surface area contributed by atoms with Crippen molar-refractivity contribution in [2.45, 2.75) is 57.2 Å². The van der Waals surface area contributed by atoms with E-state index in [0.717, 1.165) is 32.1 Å². The van der Waals surface area contributed by atoms with E-state index in [0.29, 0.717) is 16.7 Å². The Balaban J connectivity index is 1.67. The van der Waals surface area contributed by atoms with Gasteiger partial charge in [0.15, 0.2) is 0 Å². The molecule has 5 rings (SSSR count). The van der Waals surface area contributed by atoms with Gasteiger partial charge in [-0.1, -0.05) is 23.9 Å². The van der Waals surface area contributed by atoms with E-state index in [2.05, 4.69) is 6.58 Å². The molecule has 0 aromatic rings. The van der Waals surface area contributed by atoms with Gasteiger partial charge in [0.25, 0.3) is 0 Å². The molecule has 1 saturated heterocycles. The van der Waals surface area contributed by atoms with Crippen molar-refractivity contribution in [2.75, 3.05) is 13.4 Å². The molecule has 8 atom stereocenters. The zero-order chi connectivity index (χ0) is 20.8. The van der Waals surface area contributed by atoms with E-state index in [1.54, 1.807) is 0 Å². The molecule has 1 heterocycles. The number of allylic oxidation sites excluding steroid dienone is 1. The minimum atomic E-state index is -0.900. The van der Waals surface area contributed by atoms with E-state index in [1.165, 1.54) is 24.4 Å². The van der Waals surface area contributed by atoms with Gasteiger partial charge in [-0.15, -0.1) is 0 Å². The predicted molar refractivity (Wildman–Crippen MR) is 113 cm³/mol. The lowest BCUT2D eigenvalue weighted by Gasteiger charge is -2.45. The van der Waals surface area contributed by atoms with Crippen molar-refractivity contribution < 1.29 is 23.8 Å². The Kier molecular flexibility index (Phi) is 4.26. The molecule has 0 aromatic carbocycles. The van der Waals surface area contributed by atoms with Gasteiger partial charge in [0, 0.05) is 11.8 Å². The molecule has 0 radical (unpaired) electrons. The third-order valence-corrected chi connectivity index (χ3v) is 10.0. The van der Waals surface area contributed by atoms with Gasteiger partial charge in [-0.25, -0.2) is 0 Å². The molecule has 4 bridgehead atoms. The van der Waals surface area contributed by atoms with Gasteiger partial charge in [-0.2, -0.15) is 0 Å². The van der Waals surface area contributed by atoms with Crippen LogP contribution in [-0.2, 0) is 23.8 Å². The van der Waals surface area contributed by atoms with Gasteiger partial charge < -0.3 is 14.2 Å². The van der Waals surface area contributed by atoms with Crippen molar-refractivity contribution in [3.8, 4) is 0 Å². The number of rotatable bonds is 2. The molecule has 0 N–H and O–H groups in total. The van der Waals surface area contributed by atoms with Gasteiger partial charge in [-0.05, 0) is 75.3 Å². The molecule has 0 amide bonds. The van der Waals surface area contributed by atoms with Crippen LogP contribution < -0.4 is 0 Å². The fourth-order valence-corrected chi connectivity index (χ4v) is 8.42. The predicted octanol–water partition coefficient (Wildman–Crippen LogP) is 3.90. The Bertz CT molecular complexity index is 826. The molecule has 29 heavy (non-hydrogen) atoms. The largest absolute Gasteiger partial charge is 0.474 e. The van der Waals surface area contributed by atoms with Crippen molar-refractivity contribution in [2.24, 2.45) is 34.5 Å². The lowest BCUT2D eigenvalue weighted by Crippen LogP contribution is -2.54. The molecule has 7 heteroatoms. The summed E-state index contributed by atoms with van der Waals surface area (Å²) in [5.41, 5.74) is -0.460. The summed E-state index contributed by atoms with van der Waals surface area (Å²) in [5, 5.41) is 0. The van der Waals surface area contributed by atoms with Gasteiger partial charge in [0.05, 0.1) is 13.0 Å². The van der Waals surface area contributed by atoms with E-state index < -0.39 is 11.0 Å². The molecule has 4 aliphatic carbocycles. The van der Waals surface area contributed by atoms with Crippen LogP contribution in [0.2, 0.25) is 0 Å². The van der Waals surface area contributed by atoms with E-state index in [-0.39, 0.29) is 41.2 Å². The van der Waals surface area contributed by atoms with Crippen LogP contribution in [0.1, 0.15) is 45.4 Å². The van der Waals surface area contributed by atoms with E-state index >= 15 is 0 Å². The van der Waals surface area contributed by atoms with Crippen LogP contribution >= 0.6 is 24.0 Å². The topological polar surface area (TPSA) is 61.8 Å². The van der Waals surface area contributed by atoms with Crippen LogP contribution in [0.4, 0.5) is 0 Å². The Morgan fingerprint density at radius 2 is 2.10 bits per heavy atom. The van der Waals surface area contributed by atoms with Crippen molar-refractivity contribution in [3.05, 3.63) is 12.2 Å². The van der Waals surface area contributed by atoms with Gasteiger partial charge in [-0.3, -0.25) is 9.59 Å². The summed E-state index contributed by atoms with van der Waals surface area (Å²) < 4.78 is 18.2. The molecular weight excluding hydrogens is 408 g/mol. The Labute approximate surface area is 181 Å². The van der Waals surface area contributed by atoms with Crippen LogP contribution in [-0.4, -0.2) is 41.4 Å². The first-order valence-corrected chi connectivity index (χ1v) is 12.1. The fourth-order valence-electron chi connectivity index (χ4n) is 8.09. The van der Waals surface area contributed by atoms with E-state index in [9.17, 15) is 9.59 Å². The number of hydrogen-bond donors (Lipinski definition) is 0. The summed E-state index contributed by atoms with van der Waals surface area (Å²) in [6.07, 6.45) is 6.76. The molecule has 5 nitrogen and oxygen atoms in total. The Hall–Kier alpha value is -1.08. The minimum Gasteiger partial charge on any atom is -0.474 e. The highest BCUT2D eigenvalue weighted by atomic mass is 32.2. The maximum absolute atomic E-state index is 13.3. The highest BCUT2D eigenvalue weighted by Gasteiger charge is 2.83. The quantitative estimate of drug-likeness (QED) is 0.370.